The summed E-state index contributed by atoms with van der Waals surface area (Å²) in [4.78, 5) is 18.2. The molecular formula is C24H26N2O3. The second-order valence-corrected chi connectivity index (χ2v) is 7.01. The molecule has 0 atom stereocenters. The van der Waals surface area contributed by atoms with E-state index in [4.69, 9.17) is 9.47 Å². The number of hydrogen-bond donors (Lipinski definition) is 1. The van der Waals surface area contributed by atoms with E-state index in [2.05, 4.69) is 35.5 Å². The summed E-state index contributed by atoms with van der Waals surface area (Å²) >= 11 is 0. The molecule has 1 aromatic heterocycles. The Kier molecular flexibility index (Phi) is 5.56. The molecule has 29 heavy (non-hydrogen) atoms. The molecule has 1 N–H and O–H groups in total. The van der Waals surface area contributed by atoms with Crippen LogP contribution in [0.1, 0.15) is 36.2 Å². The lowest BCUT2D eigenvalue weighted by atomic mass is 9.98. The molecule has 1 amide bonds. The summed E-state index contributed by atoms with van der Waals surface area (Å²) in [6, 6.07) is 13.7. The zero-order valence-electron chi connectivity index (χ0n) is 16.9. The largest absolute Gasteiger partial charge is 0.490 e. The fourth-order valence-corrected chi connectivity index (χ4v) is 3.80. The van der Waals surface area contributed by atoms with Crippen LogP contribution in [0.3, 0.4) is 0 Å². The molecule has 5 nitrogen and oxygen atoms in total. The van der Waals surface area contributed by atoms with E-state index in [0.717, 1.165) is 11.9 Å². The van der Waals surface area contributed by atoms with Crippen molar-refractivity contribution in [2.45, 2.75) is 20.3 Å². The van der Waals surface area contributed by atoms with Crippen LogP contribution in [0.2, 0.25) is 0 Å². The summed E-state index contributed by atoms with van der Waals surface area (Å²) in [5, 5.41) is 1.23. The molecule has 1 aliphatic rings. The predicted octanol–water partition coefficient (Wildman–Crippen LogP) is 4.89. The van der Waals surface area contributed by atoms with Gasteiger partial charge >= 0.3 is 0 Å². The van der Waals surface area contributed by atoms with E-state index < -0.39 is 0 Å². The van der Waals surface area contributed by atoms with E-state index in [1.165, 1.54) is 16.5 Å². The number of nitrogens with zero attached hydrogens (tertiary/aromatic N) is 1. The molecule has 2 heterocycles. The number of aromatic amines is 1. The zero-order chi connectivity index (χ0) is 20.2. The van der Waals surface area contributed by atoms with Gasteiger partial charge in [-0.05, 0) is 50.1 Å². The average molecular weight is 390 g/mol. The molecule has 0 unspecified atom stereocenters. The highest BCUT2D eigenvalue weighted by atomic mass is 16.5. The van der Waals surface area contributed by atoms with Crippen molar-refractivity contribution in [1.29, 1.82) is 0 Å². The molecule has 5 heteroatoms. The quantitative estimate of drug-likeness (QED) is 0.652. The number of carbonyl (C=O) groups is 1. The first kappa shape index (κ1) is 19.1. The highest BCUT2D eigenvalue weighted by Gasteiger charge is 2.21. The molecule has 0 fully saturated rings. The summed E-state index contributed by atoms with van der Waals surface area (Å²) in [5.41, 5.74) is 4.28. The summed E-state index contributed by atoms with van der Waals surface area (Å²) in [5.74, 6) is 1.31. The Morgan fingerprint density at radius 1 is 1.07 bits per heavy atom. The van der Waals surface area contributed by atoms with Crippen LogP contribution >= 0.6 is 0 Å². The van der Waals surface area contributed by atoms with Crippen molar-refractivity contribution in [3.63, 3.8) is 0 Å². The summed E-state index contributed by atoms with van der Waals surface area (Å²) < 4.78 is 11.3. The molecule has 0 aliphatic carbocycles. The monoisotopic (exact) mass is 390 g/mol. The van der Waals surface area contributed by atoms with Gasteiger partial charge in [-0.2, -0.15) is 0 Å². The maximum atomic E-state index is 13.0. The van der Waals surface area contributed by atoms with Crippen LogP contribution in [0.25, 0.3) is 16.5 Å². The van der Waals surface area contributed by atoms with Crippen LogP contribution in [0.5, 0.6) is 11.5 Å². The number of nitrogens with one attached hydrogen (secondary N) is 1. The van der Waals surface area contributed by atoms with E-state index in [1.54, 1.807) is 6.07 Å². The lowest BCUT2D eigenvalue weighted by molar-refractivity contribution is 0.0772. The maximum Gasteiger partial charge on any atom is 0.254 e. The maximum absolute atomic E-state index is 13.0. The van der Waals surface area contributed by atoms with Crippen LogP contribution in [0, 0.1) is 0 Å². The smallest absolute Gasteiger partial charge is 0.254 e. The van der Waals surface area contributed by atoms with E-state index >= 15 is 0 Å². The molecule has 0 saturated carbocycles. The standard InChI is InChI=1S/C24H26N2O3/c1-3-28-22-10-9-18(15-23(22)29-4-2)24(27)26-13-11-17(12-14-26)20-16-25-21-8-6-5-7-19(20)21/h5-11,15-16,25H,3-4,12-14H2,1-2H3. The van der Waals surface area contributed by atoms with Crippen molar-refractivity contribution in [3.8, 4) is 11.5 Å². The molecule has 0 bridgehead atoms. The van der Waals surface area contributed by atoms with Crippen molar-refractivity contribution < 1.29 is 14.3 Å². The Bertz CT molecular complexity index is 1050. The van der Waals surface area contributed by atoms with E-state index in [9.17, 15) is 4.79 Å². The third kappa shape index (κ3) is 3.86. The first-order chi connectivity index (χ1) is 14.2. The summed E-state index contributed by atoms with van der Waals surface area (Å²) in [7, 11) is 0. The SMILES string of the molecule is CCOc1ccc(C(=O)N2CC=C(c3c[nH]c4ccccc34)CC2)cc1OCC. The van der Waals surface area contributed by atoms with Gasteiger partial charge in [0, 0.05) is 41.3 Å². The fourth-order valence-electron chi connectivity index (χ4n) is 3.80. The van der Waals surface area contributed by atoms with E-state index in [1.807, 2.05) is 36.9 Å². The number of ether oxygens (including phenoxy) is 2. The first-order valence-electron chi connectivity index (χ1n) is 10.2. The van der Waals surface area contributed by atoms with Gasteiger partial charge in [-0.15, -0.1) is 0 Å². The van der Waals surface area contributed by atoms with Gasteiger partial charge in [-0.3, -0.25) is 4.79 Å². The lowest BCUT2D eigenvalue weighted by Crippen LogP contribution is -2.34. The van der Waals surface area contributed by atoms with Gasteiger partial charge in [0.25, 0.3) is 5.91 Å². The topological polar surface area (TPSA) is 54.6 Å². The third-order valence-electron chi connectivity index (χ3n) is 5.22. The van der Waals surface area contributed by atoms with Crippen LogP contribution in [0.15, 0.2) is 54.7 Å². The van der Waals surface area contributed by atoms with Crippen molar-refractivity contribution in [1.82, 2.24) is 9.88 Å². The average Bonchev–Trinajstić information content (AvgIpc) is 3.19. The molecule has 0 saturated heterocycles. The Hall–Kier alpha value is -3.21. The van der Waals surface area contributed by atoms with Gasteiger partial charge in [-0.25, -0.2) is 0 Å². The highest BCUT2D eigenvalue weighted by molar-refractivity contribution is 5.96. The summed E-state index contributed by atoms with van der Waals surface area (Å²) in [6.07, 6.45) is 5.06. The second kappa shape index (κ2) is 8.43. The Balaban J connectivity index is 1.52. The van der Waals surface area contributed by atoms with E-state index in [0.29, 0.717) is 43.4 Å². The third-order valence-corrected chi connectivity index (χ3v) is 5.22. The Morgan fingerprint density at radius 3 is 2.62 bits per heavy atom. The first-order valence-corrected chi connectivity index (χ1v) is 10.2. The summed E-state index contributed by atoms with van der Waals surface area (Å²) in [6.45, 7) is 6.23. The van der Waals surface area contributed by atoms with Crippen LogP contribution in [0.4, 0.5) is 0 Å². The molecular weight excluding hydrogens is 364 g/mol. The van der Waals surface area contributed by atoms with Crippen molar-refractivity contribution >= 4 is 22.4 Å². The zero-order valence-corrected chi connectivity index (χ0v) is 16.9. The molecule has 4 rings (SSSR count). The normalized spacial score (nSPS) is 14.0. The van der Waals surface area contributed by atoms with Gasteiger partial charge in [0.15, 0.2) is 11.5 Å². The number of benzene rings is 2. The van der Waals surface area contributed by atoms with Gasteiger partial charge in [-0.1, -0.05) is 24.3 Å². The minimum Gasteiger partial charge on any atom is -0.490 e. The van der Waals surface area contributed by atoms with Crippen LogP contribution in [-0.4, -0.2) is 42.1 Å². The number of H-pyrrole nitrogens is 1. The molecule has 1 aliphatic heterocycles. The number of para-hydroxylation sites is 1. The van der Waals surface area contributed by atoms with E-state index in [-0.39, 0.29) is 5.91 Å². The van der Waals surface area contributed by atoms with Crippen LogP contribution < -0.4 is 9.47 Å². The minimum atomic E-state index is 0.0169. The number of hydrogen-bond acceptors (Lipinski definition) is 3. The van der Waals surface area contributed by atoms with Gasteiger partial charge in [0.05, 0.1) is 13.2 Å². The lowest BCUT2D eigenvalue weighted by Gasteiger charge is -2.27. The van der Waals surface area contributed by atoms with Crippen molar-refractivity contribution in [2.24, 2.45) is 0 Å². The molecule has 0 radical (unpaired) electrons. The van der Waals surface area contributed by atoms with Gasteiger partial charge in [0.2, 0.25) is 0 Å². The number of aromatic nitrogens is 1. The predicted molar refractivity (Wildman–Crippen MR) is 116 cm³/mol. The number of amides is 1. The number of carbonyl (C=O) groups excluding carboxylic acids is 1. The number of rotatable bonds is 6. The molecule has 3 aromatic rings. The fraction of sp³-hybridized carbons (Fsp3) is 0.292. The molecule has 150 valence electrons. The van der Waals surface area contributed by atoms with Crippen molar-refractivity contribution in [2.75, 3.05) is 26.3 Å². The van der Waals surface area contributed by atoms with Gasteiger partial charge in [0.1, 0.15) is 0 Å². The Labute approximate surface area is 170 Å². The number of fused-ring (bicyclic) bond motifs is 1. The molecule has 2 aromatic carbocycles. The minimum absolute atomic E-state index is 0.0169. The van der Waals surface area contributed by atoms with Crippen molar-refractivity contribution in [3.05, 3.63) is 65.9 Å². The second-order valence-electron chi connectivity index (χ2n) is 7.01. The highest BCUT2D eigenvalue weighted by Crippen LogP contribution is 2.31. The Morgan fingerprint density at radius 2 is 1.86 bits per heavy atom. The van der Waals surface area contributed by atoms with Gasteiger partial charge < -0.3 is 19.4 Å². The molecule has 0 spiro atoms. The van der Waals surface area contributed by atoms with Crippen LogP contribution in [-0.2, 0) is 0 Å².